The van der Waals surface area contributed by atoms with E-state index in [1.165, 1.54) is 38.4 Å². The zero-order valence-corrected chi connectivity index (χ0v) is 16.6. The molecule has 1 aliphatic rings. The molecule has 1 amide bonds. The van der Waals surface area contributed by atoms with Gasteiger partial charge in [-0.2, -0.15) is 12.7 Å². The highest BCUT2D eigenvalue weighted by atomic mass is 32.2. The van der Waals surface area contributed by atoms with Gasteiger partial charge in [-0.05, 0) is 30.7 Å². The molecule has 9 nitrogen and oxygen atoms in total. The third-order valence-corrected chi connectivity index (χ3v) is 6.91. The van der Waals surface area contributed by atoms with Gasteiger partial charge < -0.3 is 4.90 Å². The number of hydrogen-bond donors (Lipinski definition) is 2. The first-order valence-electron chi connectivity index (χ1n) is 8.15. The minimum atomic E-state index is -3.80. The molecule has 1 aliphatic heterocycles. The Morgan fingerprint density at radius 3 is 2.31 bits per heavy atom. The number of rotatable bonds is 8. The minimum Gasteiger partial charge on any atom is -0.341 e. The summed E-state index contributed by atoms with van der Waals surface area (Å²) in [6, 6.07) is 4.91. The van der Waals surface area contributed by atoms with Crippen molar-refractivity contribution in [3.8, 4) is 0 Å². The van der Waals surface area contributed by atoms with Gasteiger partial charge in [0.05, 0.1) is 4.90 Å². The number of amides is 1. The molecule has 0 spiro atoms. The van der Waals surface area contributed by atoms with Crippen LogP contribution in [0.3, 0.4) is 0 Å². The molecule has 146 valence electrons. The van der Waals surface area contributed by atoms with E-state index in [9.17, 15) is 21.6 Å². The average molecular weight is 405 g/mol. The van der Waals surface area contributed by atoms with E-state index in [1.807, 2.05) is 6.92 Å². The van der Waals surface area contributed by atoms with Crippen molar-refractivity contribution in [1.29, 1.82) is 0 Å². The molecule has 26 heavy (non-hydrogen) atoms. The van der Waals surface area contributed by atoms with Gasteiger partial charge in [0.2, 0.25) is 15.9 Å². The number of carbonyl (C=O) groups is 1. The fraction of sp³-hybridized carbons (Fsp3) is 0.533. The van der Waals surface area contributed by atoms with Crippen molar-refractivity contribution in [2.24, 2.45) is 0 Å². The van der Waals surface area contributed by atoms with Crippen molar-refractivity contribution >= 4 is 31.8 Å². The summed E-state index contributed by atoms with van der Waals surface area (Å²) in [7, 11) is -4.69. The highest BCUT2D eigenvalue weighted by Crippen LogP contribution is 2.18. The average Bonchev–Trinajstić information content (AvgIpc) is 2.86. The third-order valence-electron chi connectivity index (χ3n) is 3.92. The fourth-order valence-electron chi connectivity index (χ4n) is 2.57. The summed E-state index contributed by atoms with van der Waals surface area (Å²) in [5.41, 5.74) is 0.253. The smallest absolute Gasteiger partial charge is 0.301 e. The standard InChI is InChI=1S/C15H24N4O5S2/c1-4-9-19-11-13(10-15(19)20)16-25(21,22)14-7-5-12(6-8-14)17-26(23,24)18(2)3/h5-8,13,16-17H,4,9-11H2,1-3H3/t13-/m0/s1. The van der Waals surface area contributed by atoms with Crippen LogP contribution in [0, 0.1) is 0 Å². The summed E-state index contributed by atoms with van der Waals surface area (Å²) < 4.78 is 54.4. The summed E-state index contributed by atoms with van der Waals surface area (Å²) in [4.78, 5) is 13.5. The first-order valence-corrected chi connectivity index (χ1v) is 11.1. The van der Waals surface area contributed by atoms with Gasteiger partial charge in [0.15, 0.2) is 0 Å². The minimum absolute atomic E-state index is 0.00620. The van der Waals surface area contributed by atoms with Crippen molar-refractivity contribution in [2.45, 2.75) is 30.7 Å². The van der Waals surface area contributed by atoms with Gasteiger partial charge in [-0.1, -0.05) is 6.92 Å². The second-order valence-electron chi connectivity index (χ2n) is 6.28. The van der Waals surface area contributed by atoms with Crippen LogP contribution in [0.15, 0.2) is 29.2 Å². The van der Waals surface area contributed by atoms with Gasteiger partial charge in [0.25, 0.3) is 0 Å². The first kappa shape index (κ1) is 20.6. The number of nitrogens with one attached hydrogen (secondary N) is 2. The number of likely N-dealkylation sites (tertiary alicyclic amines) is 1. The first-order chi connectivity index (χ1) is 12.0. The van der Waals surface area contributed by atoms with Crippen LogP contribution in [0.2, 0.25) is 0 Å². The molecule has 0 bridgehead atoms. The Morgan fingerprint density at radius 1 is 1.15 bits per heavy atom. The lowest BCUT2D eigenvalue weighted by Crippen LogP contribution is -2.37. The molecule has 0 radical (unpaired) electrons. The van der Waals surface area contributed by atoms with Crippen molar-refractivity contribution in [1.82, 2.24) is 13.9 Å². The molecule has 1 fully saturated rings. The van der Waals surface area contributed by atoms with Crippen molar-refractivity contribution in [3.05, 3.63) is 24.3 Å². The molecule has 0 unspecified atom stereocenters. The lowest BCUT2D eigenvalue weighted by Gasteiger charge is -2.16. The van der Waals surface area contributed by atoms with Crippen LogP contribution in [0.1, 0.15) is 19.8 Å². The third kappa shape index (κ3) is 4.93. The summed E-state index contributed by atoms with van der Waals surface area (Å²) in [5.74, 6) is -0.0620. The molecule has 1 saturated heterocycles. The van der Waals surface area contributed by atoms with Crippen LogP contribution in [0.25, 0.3) is 0 Å². The second-order valence-corrected chi connectivity index (χ2v) is 9.87. The molecule has 0 aromatic heterocycles. The maximum atomic E-state index is 12.5. The van der Waals surface area contributed by atoms with E-state index in [2.05, 4.69) is 9.44 Å². The van der Waals surface area contributed by atoms with Crippen LogP contribution in [-0.2, 0) is 25.0 Å². The maximum absolute atomic E-state index is 12.5. The Kier molecular flexibility index (Phi) is 6.27. The van der Waals surface area contributed by atoms with Crippen molar-refractivity contribution in [2.75, 3.05) is 31.9 Å². The van der Waals surface area contributed by atoms with Gasteiger partial charge in [-0.15, -0.1) is 0 Å². The second kappa shape index (κ2) is 7.91. The van der Waals surface area contributed by atoms with Crippen molar-refractivity contribution in [3.63, 3.8) is 0 Å². The van der Waals surface area contributed by atoms with E-state index in [0.717, 1.165) is 10.7 Å². The summed E-state index contributed by atoms with van der Waals surface area (Å²) in [5, 5.41) is 0. The van der Waals surface area contributed by atoms with E-state index >= 15 is 0 Å². The lowest BCUT2D eigenvalue weighted by molar-refractivity contribution is -0.127. The van der Waals surface area contributed by atoms with Crippen LogP contribution in [-0.4, -0.2) is 65.2 Å². The molecule has 2 rings (SSSR count). The predicted molar refractivity (Wildman–Crippen MR) is 98.3 cm³/mol. The number of carbonyl (C=O) groups excluding carboxylic acids is 1. The number of hydrogen-bond acceptors (Lipinski definition) is 5. The number of anilines is 1. The highest BCUT2D eigenvalue weighted by Gasteiger charge is 2.32. The molecule has 1 aromatic rings. The summed E-state index contributed by atoms with van der Waals surface area (Å²) in [6.45, 7) is 2.92. The molecular weight excluding hydrogens is 380 g/mol. The number of benzene rings is 1. The Balaban J connectivity index is 2.07. The SMILES string of the molecule is CCCN1C[C@@H](NS(=O)(=O)c2ccc(NS(=O)(=O)N(C)C)cc2)CC1=O. The fourth-order valence-corrected chi connectivity index (χ4v) is 4.41. The predicted octanol–water partition coefficient (Wildman–Crippen LogP) is 0.194. The molecular formula is C15H24N4O5S2. The van der Waals surface area contributed by atoms with Crippen LogP contribution in [0.5, 0.6) is 0 Å². The Bertz CT molecular complexity index is 851. The topological polar surface area (TPSA) is 116 Å². The van der Waals surface area contributed by atoms with Crippen LogP contribution in [0.4, 0.5) is 5.69 Å². The maximum Gasteiger partial charge on any atom is 0.301 e. The van der Waals surface area contributed by atoms with Crippen LogP contribution >= 0.6 is 0 Å². The molecule has 0 aliphatic carbocycles. The van der Waals surface area contributed by atoms with Crippen LogP contribution < -0.4 is 9.44 Å². The van der Waals surface area contributed by atoms with E-state index in [1.54, 1.807) is 4.90 Å². The van der Waals surface area contributed by atoms with Gasteiger partial charge >= 0.3 is 10.2 Å². The zero-order valence-electron chi connectivity index (χ0n) is 15.0. The van der Waals surface area contributed by atoms with Gasteiger partial charge in [-0.25, -0.2) is 13.1 Å². The molecule has 0 saturated carbocycles. The zero-order chi connectivity index (χ0) is 19.5. The van der Waals surface area contributed by atoms with Crippen molar-refractivity contribution < 1.29 is 21.6 Å². The largest absolute Gasteiger partial charge is 0.341 e. The highest BCUT2D eigenvalue weighted by molar-refractivity contribution is 7.90. The molecule has 1 aromatic carbocycles. The quantitative estimate of drug-likeness (QED) is 0.642. The molecule has 11 heteroatoms. The van der Waals surface area contributed by atoms with Gasteiger partial charge in [-0.3, -0.25) is 9.52 Å². The Morgan fingerprint density at radius 2 is 1.77 bits per heavy atom. The van der Waals surface area contributed by atoms with Gasteiger partial charge in [0.1, 0.15) is 0 Å². The normalized spacial score (nSPS) is 18.5. The van der Waals surface area contributed by atoms with Gasteiger partial charge in [0, 0.05) is 45.3 Å². The van der Waals surface area contributed by atoms with E-state index in [0.29, 0.717) is 13.1 Å². The van der Waals surface area contributed by atoms with E-state index in [-0.39, 0.29) is 22.9 Å². The monoisotopic (exact) mass is 404 g/mol. The number of nitrogens with zero attached hydrogens (tertiary/aromatic N) is 2. The number of sulfonamides is 1. The summed E-state index contributed by atoms with van der Waals surface area (Å²) in [6.07, 6.45) is 0.954. The molecule has 1 heterocycles. The molecule has 2 N–H and O–H groups in total. The van der Waals surface area contributed by atoms with E-state index in [4.69, 9.17) is 0 Å². The Hall–Kier alpha value is -1.69. The van der Waals surface area contributed by atoms with E-state index < -0.39 is 26.3 Å². The summed E-state index contributed by atoms with van der Waals surface area (Å²) >= 11 is 0. The molecule has 1 atom stereocenters. The lowest BCUT2D eigenvalue weighted by atomic mass is 10.3. The Labute approximate surface area is 154 Å².